The van der Waals surface area contributed by atoms with Crippen molar-refractivity contribution in [1.82, 2.24) is 4.98 Å². The first-order valence-corrected chi connectivity index (χ1v) is 5.63. The number of nitrogens with zero attached hydrogens (tertiary/aromatic N) is 1. The van der Waals surface area contributed by atoms with Gasteiger partial charge in [0.1, 0.15) is 5.01 Å². The smallest absolute Gasteiger partial charge is 0.102 e. The minimum absolute atomic E-state index is 0.0175. The topological polar surface area (TPSA) is 33.1 Å². The van der Waals surface area contributed by atoms with Gasteiger partial charge >= 0.3 is 0 Å². The van der Waals surface area contributed by atoms with Crippen molar-refractivity contribution >= 4 is 21.6 Å². The summed E-state index contributed by atoms with van der Waals surface area (Å²) in [5, 5.41) is 10.4. The molecule has 1 aliphatic rings. The number of hydrogen-bond donors (Lipinski definition) is 1. The average Bonchev–Trinajstić information content (AvgIpc) is 2.91. The van der Waals surface area contributed by atoms with E-state index in [0.29, 0.717) is 0 Å². The zero-order valence-corrected chi connectivity index (χ0v) is 8.55. The Morgan fingerprint density at radius 2 is 2.14 bits per heavy atom. The molecule has 0 spiro atoms. The zero-order chi connectivity index (χ0) is 9.60. The van der Waals surface area contributed by atoms with E-state index in [1.165, 1.54) is 4.70 Å². The minimum Gasteiger partial charge on any atom is -0.395 e. The zero-order valence-electron chi connectivity index (χ0n) is 7.73. The fourth-order valence-electron chi connectivity index (χ4n) is 1.69. The second-order valence-corrected chi connectivity index (χ2v) is 4.96. The number of para-hydroxylation sites is 1. The first kappa shape index (κ1) is 8.38. The largest absolute Gasteiger partial charge is 0.395 e. The van der Waals surface area contributed by atoms with E-state index in [9.17, 15) is 5.11 Å². The predicted molar refractivity (Wildman–Crippen MR) is 57.6 cm³/mol. The summed E-state index contributed by atoms with van der Waals surface area (Å²) in [4.78, 5) is 4.58. The maximum absolute atomic E-state index is 9.30. The SMILES string of the molecule is OCC1(c2nc3ccccc3s2)CC1. The van der Waals surface area contributed by atoms with E-state index in [4.69, 9.17) is 0 Å². The second kappa shape index (κ2) is 2.78. The second-order valence-electron chi connectivity index (χ2n) is 3.93. The summed E-state index contributed by atoms with van der Waals surface area (Å²) in [6.07, 6.45) is 2.17. The van der Waals surface area contributed by atoms with E-state index in [0.717, 1.165) is 23.4 Å². The molecule has 0 bridgehead atoms. The first-order chi connectivity index (χ1) is 6.84. The molecule has 1 heterocycles. The van der Waals surface area contributed by atoms with E-state index in [1.54, 1.807) is 11.3 Å². The predicted octanol–water partition coefficient (Wildman–Crippen LogP) is 2.32. The molecule has 1 saturated carbocycles. The van der Waals surface area contributed by atoms with Crippen LogP contribution in [0.1, 0.15) is 17.8 Å². The highest BCUT2D eigenvalue weighted by atomic mass is 32.1. The first-order valence-electron chi connectivity index (χ1n) is 4.81. The van der Waals surface area contributed by atoms with Gasteiger partial charge in [0.05, 0.1) is 16.8 Å². The Morgan fingerprint density at radius 3 is 2.79 bits per heavy atom. The number of aromatic nitrogens is 1. The van der Waals surface area contributed by atoms with Crippen molar-refractivity contribution in [3.63, 3.8) is 0 Å². The van der Waals surface area contributed by atoms with Gasteiger partial charge in [-0.05, 0) is 25.0 Å². The Bertz CT molecular complexity index is 440. The van der Waals surface area contributed by atoms with Crippen LogP contribution in [0.4, 0.5) is 0 Å². The Labute approximate surface area is 86.2 Å². The molecule has 3 heteroatoms. The number of benzene rings is 1. The van der Waals surface area contributed by atoms with Crippen molar-refractivity contribution in [2.75, 3.05) is 6.61 Å². The van der Waals surface area contributed by atoms with Gasteiger partial charge in [-0.1, -0.05) is 12.1 Å². The molecular formula is C11H11NOS. The van der Waals surface area contributed by atoms with Crippen LogP contribution in [0.25, 0.3) is 10.2 Å². The van der Waals surface area contributed by atoms with Crippen LogP contribution in [0.2, 0.25) is 0 Å². The van der Waals surface area contributed by atoms with E-state index >= 15 is 0 Å². The lowest BCUT2D eigenvalue weighted by Gasteiger charge is -2.05. The van der Waals surface area contributed by atoms with Crippen molar-refractivity contribution < 1.29 is 5.11 Å². The van der Waals surface area contributed by atoms with Crippen LogP contribution in [0.15, 0.2) is 24.3 Å². The molecule has 1 aliphatic carbocycles. The molecule has 2 nitrogen and oxygen atoms in total. The fraction of sp³-hybridized carbons (Fsp3) is 0.364. The van der Waals surface area contributed by atoms with Crippen LogP contribution in [0.3, 0.4) is 0 Å². The van der Waals surface area contributed by atoms with Gasteiger partial charge in [-0.3, -0.25) is 0 Å². The van der Waals surface area contributed by atoms with Gasteiger partial charge in [-0.15, -0.1) is 11.3 Å². The van der Waals surface area contributed by atoms with Crippen LogP contribution >= 0.6 is 11.3 Å². The van der Waals surface area contributed by atoms with Gasteiger partial charge in [0.25, 0.3) is 0 Å². The third-order valence-electron chi connectivity index (χ3n) is 2.90. The number of rotatable bonds is 2. The van der Waals surface area contributed by atoms with E-state index in [-0.39, 0.29) is 12.0 Å². The van der Waals surface area contributed by atoms with Crippen molar-refractivity contribution in [3.8, 4) is 0 Å². The fourth-order valence-corrected chi connectivity index (χ4v) is 2.89. The monoisotopic (exact) mass is 205 g/mol. The molecule has 0 saturated heterocycles. The molecular weight excluding hydrogens is 194 g/mol. The summed E-state index contributed by atoms with van der Waals surface area (Å²) in [6.45, 7) is 0.243. The molecule has 0 aliphatic heterocycles. The summed E-state index contributed by atoms with van der Waals surface area (Å²) >= 11 is 1.72. The highest BCUT2D eigenvalue weighted by Crippen LogP contribution is 2.49. The lowest BCUT2D eigenvalue weighted by atomic mass is 10.1. The number of aliphatic hydroxyl groups excluding tert-OH is 1. The van der Waals surface area contributed by atoms with Gasteiger partial charge in [0, 0.05) is 5.41 Å². The van der Waals surface area contributed by atoms with Crippen molar-refractivity contribution in [1.29, 1.82) is 0 Å². The maximum atomic E-state index is 9.30. The van der Waals surface area contributed by atoms with E-state index in [2.05, 4.69) is 11.1 Å². The lowest BCUT2D eigenvalue weighted by molar-refractivity contribution is 0.255. The normalized spacial score (nSPS) is 18.6. The molecule has 2 aromatic rings. The summed E-state index contributed by atoms with van der Waals surface area (Å²) in [5.74, 6) is 0. The number of thiazole rings is 1. The molecule has 0 radical (unpaired) electrons. The summed E-state index contributed by atoms with van der Waals surface area (Å²) in [7, 11) is 0. The Kier molecular flexibility index (Phi) is 1.66. The van der Waals surface area contributed by atoms with Crippen LogP contribution < -0.4 is 0 Å². The maximum Gasteiger partial charge on any atom is 0.102 e. The molecule has 3 rings (SSSR count). The molecule has 0 atom stereocenters. The molecule has 1 N–H and O–H groups in total. The molecule has 1 fully saturated rings. The molecule has 0 unspecified atom stereocenters. The molecule has 14 heavy (non-hydrogen) atoms. The van der Waals surface area contributed by atoms with E-state index in [1.807, 2.05) is 18.2 Å². The van der Waals surface area contributed by atoms with Gasteiger partial charge < -0.3 is 5.11 Å². The highest BCUT2D eigenvalue weighted by Gasteiger charge is 2.46. The van der Waals surface area contributed by atoms with Gasteiger partial charge in [0.2, 0.25) is 0 Å². The third kappa shape index (κ3) is 1.09. The summed E-state index contributed by atoms with van der Waals surface area (Å²) in [6, 6.07) is 8.15. The Hall–Kier alpha value is -0.930. The van der Waals surface area contributed by atoms with Gasteiger partial charge in [-0.25, -0.2) is 4.98 Å². The minimum atomic E-state index is 0.0175. The van der Waals surface area contributed by atoms with Crippen LogP contribution in [0, 0.1) is 0 Å². The van der Waals surface area contributed by atoms with Gasteiger partial charge in [0.15, 0.2) is 0 Å². The standard InChI is InChI=1S/C11H11NOS/c13-7-11(5-6-11)10-12-8-3-1-2-4-9(8)14-10/h1-4,13H,5-7H2. The number of aliphatic hydroxyl groups is 1. The highest BCUT2D eigenvalue weighted by molar-refractivity contribution is 7.18. The van der Waals surface area contributed by atoms with Crippen molar-refractivity contribution in [2.24, 2.45) is 0 Å². The van der Waals surface area contributed by atoms with Crippen LogP contribution in [0.5, 0.6) is 0 Å². The average molecular weight is 205 g/mol. The van der Waals surface area contributed by atoms with Crippen molar-refractivity contribution in [2.45, 2.75) is 18.3 Å². The summed E-state index contributed by atoms with van der Waals surface area (Å²) < 4.78 is 1.22. The quantitative estimate of drug-likeness (QED) is 0.816. The van der Waals surface area contributed by atoms with E-state index < -0.39 is 0 Å². The van der Waals surface area contributed by atoms with Crippen LogP contribution in [-0.2, 0) is 5.41 Å². The lowest BCUT2D eigenvalue weighted by Crippen LogP contribution is -2.10. The van der Waals surface area contributed by atoms with Gasteiger partial charge in [-0.2, -0.15) is 0 Å². The molecule has 72 valence electrons. The summed E-state index contributed by atoms with van der Waals surface area (Å²) in [5.41, 5.74) is 1.08. The Balaban J connectivity index is 2.15. The molecule has 1 aromatic heterocycles. The molecule has 1 aromatic carbocycles. The van der Waals surface area contributed by atoms with Crippen molar-refractivity contribution in [3.05, 3.63) is 29.3 Å². The third-order valence-corrected chi connectivity index (χ3v) is 4.19. The van der Waals surface area contributed by atoms with Crippen LogP contribution in [-0.4, -0.2) is 16.7 Å². The molecule has 0 amide bonds. The Morgan fingerprint density at radius 1 is 1.36 bits per heavy atom. The number of hydrogen-bond acceptors (Lipinski definition) is 3. The number of fused-ring (bicyclic) bond motifs is 1.